The fraction of sp³-hybridized carbons (Fsp3) is 0.714. The summed E-state index contributed by atoms with van der Waals surface area (Å²) in [5.41, 5.74) is 0.0759. The van der Waals surface area contributed by atoms with E-state index in [1.165, 1.54) is 0 Å². The number of amides is 1. The summed E-state index contributed by atoms with van der Waals surface area (Å²) in [6, 6.07) is 0. The number of carbonyl (C=O) groups is 1. The van der Waals surface area contributed by atoms with Gasteiger partial charge in [-0.15, -0.1) is 0 Å². The number of carbonyl (C=O) groups excluding carboxylic acids is 1. The smallest absolute Gasteiger partial charge is 0.271 e. The molecule has 4 nitrogen and oxygen atoms in total. The van der Waals surface area contributed by atoms with Crippen molar-refractivity contribution in [2.24, 2.45) is 5.84 Å². The van der Waals surface area contributed by atoms with Gasteiger partial charge in [0.05, 0.1) is 0 Å². The maximum absolute atomic E-state index is 13.7. The van der Waals surface area contributed by atoms with Crippen LogP contribution >= 0.6 is 8.35 Å². The number of piperidine rings is 1. The third-order valence-corrected chi connectivity index (χ3v) is 3.07. The zero-order chi connectivity index (χ0) is 9.90. The topological polar surface area (TPSA) is 58.4 Å². The van der Waals surface area contributed by atoms with Gasteiger partial charge >= 0.3 is 0 Å². The third-order valence-electron chi connectivity index (χ3n) is 2.27. The third kappa shape index (κ3) is 2.24. The van der Waals surface area contributed by atoms with Gasteiger partial charge in [-0.2, -0.15) is 0 Å². The Kier molecular flexibility index (Phi) is 3.36. The van der Waals surface area contributed by atoms with E-state index in [4.69, 9.17) is 5.84 Å². The summed E-state index contributed by atoms with van der Waals surface area (Å²) in [5, 5.41) is 0. The number of nitrogens with two attached hydrogens (primary N) is 1. The monoisotopic (exact) mass is 205 g/mol. The zero-order valence-corrected chi connectivity index (χ0v) is 8.19. The van der Waals surface area contributed by atoms with E-state index in [-0.39, 0.29) is 12.8 Å². The normalized spacial score (nSPS) is 22.9. The molecule has 74 valence electrons. The Hall–Kier alpha value is -0.510. The molecule has 0 aromatic heterocycles. The maximum atomic E-state index is 13.7. The molecule has 1 aliphatic rings. The van der Waals surface area contributed by atoms with Crippen LogP contribution in [0.2, 0.25) is 0 Å². The van der Waals surface area contributed by atoms with Crippen LogP contribution in [-0.4, -0.2) is 35.6 Å². The molecule has 1 fully saturated rings. The average Bonchev–Trinajstić information content (AvgIpc) is 2.18. The summed E-state index contributed by atoms with van der Waals surface area (Å²) in [6.45, 7) is 1.10. The van der Waals surface area contributed by atoms with E-state index in [0.29, 0.717) is 13.1 Å². The summed E-state index contributed by atoms with van der Waals surface area (Å²) < 4.78 is 15.7. The Morgan fingerprint density at radius 1 is 1.62 bits per heavy atom. The van der Waals surface area contributed by atoms with Crippen LogP contribution in [0, 0.1) is 0 Å². The van der Waals surface area contributed by atoms with E-state index in [2.05, 4.69) is 6.30 Å². The molecule has 0 aromatic rings. The van der Waals surface area contributed by atoms with Crippen molar-refractivity contribution in [3.63, 3.8) is 0 Å². The number of halogens is 1. The number of nitrogens with zero attached hydrogens (tertiary/aromatic N) is 1. The Balaban J connectivity index is 2.55. The molecule has 0 bridgehead atoms. The van der Waals surface area contributed by atoms with E-state index in [1.54, 1.807) is 0 Å². The van der Waals surface area contributed by atoms with Crippen LogP contribution < -0.4 is 11.3 Å². The largest absolute Gasteiger partial charge is 0.291 e. The second-order valence-corrected chi connectivity index (χ2v) is 3.88. The van der Waals surface area contributed by atoms with Crippen molar-refractivity contribution < 1.29 is 9.18 Å². The van der Waals surface area contributed by atoms with Crippen LogP contribution in [0.15, 0.2) is 0 Å². The van der Waals surface area contributed by atoms with Crippen molar-refractivity contribution in [2.75, 3.05) is 13.1 Å². The minimum Gasteiger partial charge on any atom is -0.291 e. The van der Waals surface area contributed by atoms with Gasteiger partial charge in [-0.3, -0.25) is 14.9 Å². The minimum atomic E-state index is -1.78. The summed E-state index contributed by atoms with van der Waals surface area (Å²) in [4.78, 5) is 11.0. The first kappa shape index (κ1) is 10.6. The highest BCUT2D eigenvalue weighted by atomic mass is 31.1. The fourth-order valence-corrected chi connectivity index (χ4v) is 1.83. The molecule has 1 saturated heterocycles. The molecule has 0 unspecified atom stereocenters. The van der Waals surface area contributed by atoms with E-state index in [9.17, 15) is 9.18 Å². The van der Waals surface area contributed by atoms with Crippen LogP contribution in [0.3, 0.4) is 0 Å². The Bertz CT molecular complexity index is 216. The molecule has 0 aliphatic carbocycles. The van der Waals surface area contributed by atoms with Crippen molar-refractivity contribution in [1.82, 2.24) is 10.1 Å². The predicted molar refractivity (Wildman–Crippen MR) is 51.0 cm³/mol. The van der Waals surface area contributed by atoms with E-state index in [0.717, 1.165) is 8.35 Å². The summed E-state index contributed by atoms with van der Waals surface area (Å²) in [7, 11) is 0.875. The molecule has 0 atom stereocenters. The lowest BCUT2D eigenvalue weighted by molar-refractivity contribution is -0.135. The lowest BCUT2D eigenvalue weighted by atomic mass is 9.94. The number of hydrogen-bond donors (Lipinski definition) is 2. The molecule has 1 rings (SSSR count). The van der Waals surface area contributed by atoms with Crippen LogP contribution in [-0.2, 0) is 4.79 Å². The van der Waals surface area contributed by atoms with Crippen LogP contribution in [0.25, 0.3) is 0 Å². The minimum absolute atomic E-state index is 0.193. The first-order valence-corrected chi connectivity index (χ1v) is 5.07. The molecule has 1 aliphatic heterocycles. The van der Waals surface area contributed by atoms with E-state index in [1.807, 2.05) is 10.1 Å². The summed E-state index contributed by atoms with van der Waals surface area (Å²) >= 11 is 0. The van der Waals surface area contributed by atoms with Crippen molar-refractivity contribution in [1.29, 1.82) is 0 Å². The molecular weight excluding hydrogens is 192 g/mol. The number of rotatable bonds is 2. The van der Waals surface area contributed by atoms with Crippen molar-refractivity contribution in [3.05, 3.63) is 0 Å². The van der Waals surface area contributed by atoms with Crippen LogP contribution in [0.4, 0.5) is 4.39 Å². The SMILES string of the molecule is C=PN1CCC(F)(C(=O)NN)CC1. The molecule has 0 saturated carbocycles. The molecule has 0 spiro atoms. The second-order valence-electron chi connectivity index (χ2n) is 3.03. The first-order valence-electron chi connectivity index (χ1n) is 4.04. The summed E-state index contributed by atoms with van der Waals surface area (Å²) in [6.07, 6.45) is 4.06. The number of hydrogen-bond acceptors (Lipinski definition) is 3. The standard InChI is InChI=1S/C7H13FN3OP/c1-13-11-4-2-7(8,3-5-11)6(12)10-9/h1-5,9H2,(H,10,12). The van der Waals surface area contributed by atoms with Gasteiger partial charge in [0.1, 0.15) is 0 Å². The highest BCUT2D eigenvalue weighted by Crippen LogP contribution is 2.28. The fourth-order valence-electron chi connectivity index (χ4n) is 1.35. The lowest BCUT2D eigenvalue weighted by Crippen LogP contribution is -2.51. The van der Waals surface area contributed by atoms with E-state index >= 15 is 0 Å². The highest BCUT2D eigenvalue weighted by molar-refractivity contribution is 7.33. The molecule has 13 heavy (non-hydrogen) atoms. The van der Waals surface area contributed by atoms with Gasteiger partial charge in [0.25, 0.3) is 5.91 Å². The Labute approximate surface area is 78.1 Å². The van der Waals surface area contributed by atoms with Gasteiger partial charge < -0.3 is 0 Å². The predicted octanol–water partition coefficient (Wildman–Crippen LogP) is 0.0736. The van der Waals surface area contributed by atoms with Gasteiger partial charge in [-0.25, -0.2) is 10.2 Å². The highest BCUT2D eigenvalue weighted by Gasteiger charge is 2.40. The molecule has 1 heterocycles. The number of alkyl halides is 1. The Morgan fingerprint density at radius 2 is 2.15 bits per heavy atom. The maximum Gasteiger partial charge on any atom is 0.271 e. The van der Waals surface area contributed by atoms with Crippen molar-refractivity contribution in [3.8, 4) is 0 Å². The second kappa shape index (κ2) is 4.13. The average molecular weight is 205 g/mol. The quantitative estimate of drug-likeness (QED) is 0.290. The van der Waals surface area contributed by atoms with E-state index < -0.39 is 11.6 Å². The lowest BCUT2D eigenvalue weighted by Gasteiger charge is -2.32. The Morgan fingerprint density at radius 3 is 2.54 bits per heavy atom. The molecular formula is C7H13FN3OP. The summed E-state index contributed by atoms with van der Waals surface area (Å²) in [5.74, 6) is 4.17. The van der Waals surface area contributed by atoms with Crippen molar-refractivity contribution >= 4 is 20.6 Å². The molecule has 0 aromatic carbocycles. The zero-order valence-electron chi connectivity index (χ0n) is 7.29. The van der Waals surface area contributed by atoms with Gasteiger partial charge in [0, 0.05) is 25.9 Å². The van der Waals surface area contributed by atoms with Gasteiger partial charge in [0.15, 0.2) is 5.67 Å². The first-order chi connectivity index (χ1) is 6.12. The molecule has 0 radical (unpaired) electrons. The molecule has 1 amide bonds. The van der Waals surface area contributed by atoms with Gasteiger partial charge in [-0.1, -0.05) is 6.30 Å². The number of nitrogens with one attached hydrogen (secondary N) is 1. The molecule has 3 N–H and O–H groups in total. The van der Waals surface area contributed by atoms with Crippen LogP contribution in [0.5, 0.6) is 0 Å². The van der Waals surface area contributed by atoms with Crippen LogP contribution in [0.1, 0.15) is 12.8 Å². The molecule has 6 heteroatoms. The van der Waals surface area contributed by atoms with Crippen molar-refractivity contribution in [2.45, 2.75) is 18.5 Å². The van der Waals surface area contributed by atoms with Gasteiger partial charge in [0.2, 0.25) is 0 Å². The number of hydrazine groups is 1. The van der Waals surface area contributed by atoms with Gasteiger partial charge in [-0.05, 0) is 8.35 Å².